The average molecular weight is 317 g/mol. The van der Waals surface area contributed by atoms with Gasteiger partial charge in [0.15, 0.2) is 0 Å². The predicted octanol–water partition coefficient (Wildman–Crippen LogP) is 3.69. The molecular weight excluding hydrogens is 294 g/mol. The first-order chi connectivity index (χ1) is 10.8. The topological polar surface area (TPSA) is 66.8 Å². The van der Waals surface area contributed by atoms with Gasteiger partial charge in [-0.25, -0.2) is 9.59 Å². The third-order valence-corrected chi connectivity index (χ3v) is 3.55. The zero-order valence-corrected chi connectivity index (χ0v) is 13.8. The molecule has 0 saturated carbocycles. The summed E-state index contributed by atoms with van der Waals surface area (Å²) in [6.45, 7) is 5.63. The third kappa shape index (κ3) is 4.58. The SMILES string of the molecule is CC(C)(C)OC(=O)N1CCCCc2ccccc2/C=C\1C(=O)O. The van der Waals surface area contributed by atoms with Gasteiger partial charge in [-0.15, -0.1) is 0 Å². The number of hydrogen-bond donors (Lipinski definition) is 1. The van der Waals surface area contributed by atoms with Crippen LogP contribution in [0, 0.1) is 0 Å². The first-order valence-electron chi connectivity index (χ1n) is 7.81. The molecule has 1 aliphatic heterocycles. The van der Waals surface area contributed by atoms with Crippen LogP contribution in [-0.4, -0.2) is 34.2 Å². The smallest absolute Gasteiger partial charge is 0.415 e. The van der Waals surface area contributed by atoms with E-state index in [0.717, 1.165) is 30.4 Å². The number of hydrogen-bond acceptors (Lipinski definition) is 3. The minimum atomic E-state index is -1.13. The number of nitrogens with zero attached hydrogens (tertiary/aromatic N) is 1. The Morgan fingerprint density at radius 1 is 1.17 bits per heavy atom. The number of carboxylic acid groups (broad SMARTS) is 1. The minimum absolute atomic E-state index is 0.0476. The Hall–Kier alpha value is -2.30. The molecule has 0 bridgehead atoms. The number of rotatable bonds is 1. The van der Waals surface area contributed by atoms with Crippen LogP contribution in [-0.2, 0) is 16.0 Å². The van der Waals surface area contributed by atoms with Crippen molar-refractivity contribution in [1.29, 1.82) is 0 Å². The second-order valence-corrected chi connectivity index (χ2v) is 6.62. The number of carboxylic acids is 1. The number of amides is 1. The fourth-order valence-corrected chi connectivity index (χ4v) is 2.52. The van der Waals surface area contributed by atoms with Gasteiger partial charge in [-0.1, -0.05) is 24.3 Å². The van der Waals surface area contributed by atoms with E-state index < -0.39 is 17.7 Å². The number of aliphatic carboxylic acids is 1. The highest BCUT2D eigenvalue weighted by Gasteiger charge is 2.28. The van der Waals surface area contributed by atoms with Gasteiger partial charge in [0.05, 0.1) is 0 Å². The molecular formula is C18H23NO4. The highest BCUT2D eigenvalue weighted by atomic mass is 16.6. The number of aryl methyl sites for hydroxylation is 1. The molecule has 0 unspecified atom stereocenters. The van der Waals surface area contributed by atoms with E-state index >= 15 is 0 Å². The van der Waals surface area contributed by atoms with Crippen LogP contribution in [0.25, 0.3) is 6.08 Å². The van der Waals surface area contributed by atoms with Crippen LogP contribution >= 0.6 is 0 Å². The summed E-state index contributed by atoms with van der Waals surface area (Å²) < 4.78 is 5.37. The highest BCUT2D eigenvalue weighted by molar-refractivity contribution is 5.95. The van der Waals surface area contributed by atoms with Gasteiger partial charge in [-0.05, 0) is 57.2 Å². The normalized spacial score (nSPS) is 17.9. The Morgan fingerprint density at radius 2 is 1.87 bits per heavy atom. The van der Waals surface area contributed by atoms with Gasteiger partial charge in [0.2, 0.25) is 0 Å². The lowest BCUT2D eigenvalue weighted by Crippen LogP contribution is -2.38. The van der Waals surface area contributed by atoms with E-state index in [1.165, 1.54) is 4.90 Å². The van der Waals surface area contributed by atoms with Gasteiger partial charge in [0, 0.05) is 6.54 Å². The molecule has 1 aliphatic rings. The van der Waals surface area contributed by atoms with Crippen molar-refractivity contribution in [2.45, 2.75) is 45.6 Å². The molecule has 23 heavy (non-hydrogen) atoms. The van der Waals surface area contributed by atoms with Gasteiger partial charge in [0.1, 0.15) is 11.3 Å². The van der Waals surface area contributed by atoms with Crippen molar-refractivity contribution < 1.29 is 19.4 Å². The molecule has 1 heterocycles. The standard InChI is InChI=1S/C18H23NO4/c1-18(2,3)23-17(22)19-11-7-6-9-13-8-4-5-10-14(13)12-15(19)16(20)21/h4-5,8,10,12H,6-7,9,11H2,1-3H3,(H,20,21)/b15-12-. The van der Waals surface area contributed by atoms with Crippen molar-refractivity contribution >= 4 is 18.1 Å². The van der Waals surface area contributed by atoms with Crippen molar-refractivity contribution in [1.82, 2.24) is 4.90 Å². The molecule has 1 aromatic carbocycles. The summed E-state index contributed by atoms with van der Waals surface area (Å²) in [5, 5.41) is 9.57. The van der Waals surface area contributed by atoms with E-state index in [-0.39, 0.29) is 5.70 Å². The summed E-state index contributed by atoms with van der Waals surface area (Å²) >= 11 is 0. The quantitative estimate of drug-likeness (QED) is 0.858. The van der Waals surface area contributed by atoms with Gasteiger partial charge in [-0.2, -0.15) is 0 Å². The fourth-order valence-electron chi connectivity index (χ4n) is 2.52. The maximum Gasteiger partial charge on any atom is 0.415 e. The Balaban J connectivity index is 2.43. The second-order valence-electron chi connectivity index (χ2n) is 6.62. The molecule has 0 aliphatic carbocycles. The molecule has 1 amide bonds. The maximum absolute atomic E-state index is 12.4. The predicted molar refractivity (Wildman–Crippen MR) is 87.9 cm³/mol. The summed E-state index contributed by atoms with van der Waals surface area (Å²) in [5.74, 6) is -1.13. The Kier molecular flexibility index (Phi) is 5.08. The van der Waals surface area contributed by atoms with Crippen molar-refractivity contribution in [3.63, 3.8) is 0 Å². The van der Waals surface area contributed by atoms with Crippen LogP contribution in [0.3, 0.4) is 0 Å². The van der Waals surface area contributed by atoms with Crippen molar-refractivity contribution in [3.05, 3.63) is 41.1 Å². The zero-order chi connectivity index (χ0) is 17.0. The van der Waals surface area contributed by atoms with Crippen molar-refractivity contribution in [2.24, 2.45) is 0 Å². The summed E-state index contributed by atoms with van der Waals surface area (Å²) in [4.78, 5) is 25.4. The minimum Gasteiger partial charge on any atom is -0.477 e. The first kappa shape index (κ1) is 17.1. The fraction of sp³-hybridized carbons (Fsp3) is 0.444. The first-order valence-corrected chi connectivity index (χ1v) is 7.81. The van der Waals surface area contributed by atoms with E-state index in [0.29, 0.717) is 6.54 Å². The molecule has 5 nitrogen and oxygen atoms in total. The molecule has 5 heteroatoms. The van der Waals surface area contributed by atoms with E-state index in [9.17, 15) is 14.7 Å². The van der Waals surface area contributed by atoms with Gasteiger partial charge < -0.3 is 9.84 Å². The van der Waals surface area contributed by atoms with Crippen LogP contribution in [0.15, 0.2) is 30.0 Å². The zero-order valence-electron chi connectivity index (χ0n) is 13.8. The highest BCUT2D eigenvalue weighted by Crippen LogP contribution is 2.22. The van der Waals surface area contributed by atoms with E-state index in [2.05, 4.69) is 0 Å². The van der Waals surface area contributed by atoms with Gasteiger partial charge >= 0.3 is 12.1 Å². The monoisotopic (exact) mass is 317 g/mol. The van der Waals surface area contributed by atoms with Crippen LogP contribution in [0.2, 0.25) is 0 Å². The lowest BCUT2D eigenvalue weighted by Gasteiger charge is -2.27. The molecule has 124 valence electrons. The van der Waals surface area contributed by atoms with Gasteiger partial charge in [-0.3, -0.25) is 4.90 Å². The molecule has 0 saturated heterocycles. The van der Waals surface area contributed by atoms with Crippen LogP contribution < -0.4 is 0 Å². The van der Waals surface area contributed by atoms with Gasteiger partial charge in [0.25, 0.3) is 0 Å². The van der Waals surface area contributed by atoms with E-state index in [4.69, 9.17) is 4.74 Å². The molecule has 0 spiro atoms. The largest absolute Gasteiger partial charge is 0.477 e. The summed E-state index contributed by atoms with van der Waals surface area (Å²) in [6.07, 6.45) is 3.41. The van der Waals surface area contributed by atoms with Crippen LogP contribution in [0.4, 0.5) is 4.79 Å². The average Bonchev–Trinajstić information content (AvgIpc) is 2.53. The Morgan fingerprint density at radius 3 is 2.52 bits per heavy atom. The van der Waals surface area contributed by atoms with E-state index in [1.54, 1.807) is 26.8 Å². The van der Waals surface area contributed by atoms with Crippen LogP contribution in [0.1, 0.15) is 44.7 Å². The lowest BCUT2D eigenvalue weighted by molar-refractivity contribution is -0.134. The number of benzene rings is 1. The van der Waals surface area contributed by atoms with Crippen LogP contribution in [0.5, 0.6) is 0 Å². The summed E-state index contributed by atoms with van der Waals surface area (Å²) in [5.41, 5.74) is 1.21. The lowest BCUT2D eigenvalue weighted by atomic mass is 10.0. The Bertz CT molecular complexity index is 628. The molecule has 0 atom stereocenters. The molecule has 0 fully saturated rings. The number of fused-ring (bicyclic) bond motifs is 1. The maximum atomic E-state index is 12.4. The van der Waals surface area contributed by atoms with E-state index in [1.807, 2.05) is 24.3 Å². The molecule has 2 rings (SSSR count). The second kappa shape index (κ2) is 6.86. The molecule has 1 N–H and O–H groups in total. The number of ether oxygens (including phenoxy) is 1. The molecule has 1 aromatic rings. The van der Waals surface area contributed by atoms with Crippen molar-refractivity contribution in [2.75, 3.05) is 6.54 Å². The third-order valence-electron chi connectivity index (χ3n) is 3.55. The summed E-state index contributed by atoms with van der Waals surface area (Å²) in [6, 6.07) is 7.67. The van der Waals surface area contributed by atoms with Crippen molar-refractivity contribution in [3.8, 4) is 0 Å². The molecule has 0 radical (unpaired) electrons. The Labute approximate surface area is 136 Å². The summed E-state index contributed by atoms with van der Waals surface area (Å²) in [7, 11) is 0. The number of carbonyl (C=O) groups is 2. The number of carbonyl (C=O) groups excluding carboxylic acids is 1. The molecule has 0 aromatic heterocycles.